The Bertz CT molecular complexity index is 486. The molecule has 0 saturated carbocycles. The van der Waals surface area contributed by atoms with Crippen LogP contribution in [0.5, 0.6) is 0 Å². The summed E-state index contributed by atoms with van der Waals surface area (Å²) in [5.74, 6) is -0.672. The molecule has 0 radical (unpaired) electrons. The first kappa shape index (κ1) is 14.0. The molecule has 3 N–H and O–H groups in total. The van der Waals surface area contributed by atoms with Gasteiger partial charge in [0.05, 0.1) is 4.99 Å². The van der Waals surface area contributed by atoms with Crippen molar-refractivity contribution in [3.63, 3.8) is 0 Å². The van der Waals surface area contributed by atoms with Crippen molar-refractivity contribution in [1.82, 2.24) is 4.72 Å². The Labute approximate surface area is 105 Å². The number of nitrogens with one attached hydrogen (secondary N) is 1. The molecule has 7 heteroatoms. The second kappa shape index (κ2) is 6.04. The molecule has 0 atom stereocenters. The van der Waals surface area contributed by atoms with Crippen LogP contribution in [0.4, 0.5) is 4.39 Å². The van der Waals surface area contributed by atoms with Crippen LogP contribution in [-0.4, -0.2) is 25.7 Å². The Morgan fingerprint density at radius 1 is 1.35 bits per heavy atom. The highest BCUT2D eigenvalue weighted by atomic mass is 32.2. The number of hydrogen-bond donors (Lipinski definition) is 2. The molecule has 0 aliphatic carbocycles. The van der Waals surface area contributed by atoms with Crippen molar-refractivity contribution in [2.24, 2.45) is 5.73 Å². The van der Waals surface area contributed by atoms with E-state index in [1.54, 1.807) is 12.1 Å². The number of nitrogens with two attached hydrogens (primary N) is 1. The summed E-state index contributed by atoms with van der Waals surface area (Å²) in [6.45, 7) is 0.233. The molecule has 0 spiro atoms. The van der Waals surface area contributed by atoms with E-state index in [1.165, 1.54) is 12.1 Å². The summed E-state index contributed by atoms with van der Waals surface area (Å²) < 4.78 is 37.7. The zero-order valence-electron chi connectivity index (χ0n) is 9.02. The van der Waals surface area contributed by atoms with Gasteiger partial charge >= 0.3 is 0 Å². The summed E-state index contributed by atoms with van der Waals surface area (Å²) in [6.07, 6.45) is 0.483. The van der Waals surface area contributed by atoms with E-state index in [0.29, 0.717) is 6.42 Å². The maximum atomic E-state index is 12.6. The fourth-order valence-corrected chi connectivity index (χ4v) is 2.60. The van der Waals surface area contributed by atoms with Gasteiger partial charge in [-0.3, -0.25) is 0 Å². The molecular weight excluding hydrogens is 263 g/mol. The Kier molecular flexibility index (Phi) is 4.98. The number of benzene rings is 1. The van der Waals surface area contributed by atoms with E-state index in [4.69, 9.17) is 5.73 Å². The molecule has 0 unspecified atom stereocenters. The summed E-state index contributed by atoms with van der Waals surface area (Å²) in [7, 11) is -3.45. The molecular formula is C10H13FN2O2S2. The van der Waals surface area contributed by atoms with Gasteiger partial charge < -0.3 is 5.73 Å². The molecule has 0 amide bonds. The SMILES string of the molecule is NC(=S)CS(=O)(=O)NCCc1ccc(F)cc1. The lowest BCUT2D eigenvalue weighted by Crippen LogP contribution is -2.33. The van der Waals surface area contributed by atoms with Crippen molar-refractivity contribution in [1.29, 1.82) is 0 Å². The van der Waals surface area contributed by atoms with E-state index in [1.807, 2.05) is 0 Å². The van der Waals surface area contributed by atoms with Crippen molar-refractivity contribution in [2.75, 3.05) is 12.3 Å². The van der Waals surface area contributed by atoms with Gasteiger partial charge in [-0.05, 0) is 24.1 Å². The second-order valence-electron chi connectivity index (χ2n) is 3.50. The van der Waals surface area contributed by atoms with E-state index < -0.39 is 10.0 Å². The van der Waals surface area contributed by atoms with Gasteiger partial charge in [0.2, 0.25) is 10.0 Å². The van der Waals surface area contributed by atoms with Crippen LogP contribution in [0.15, 0.2) is 24.3 Å². The van der Waals surface area contributed by atoms with Gasteiger partial charge in [0.1, 0.15) is 11.6 Å². The number of thiocarbonyl (C=S) groups is 1. The van der Waals surface area contributed by atoms with E-state index in [0.717, 1.165) is 5.56 Å². The highest BCUT2D eigenvalue weighted by Gasteiger charge is 2.10. The molecule has 0 aliphatic rings. The van der Waals surface area contributed by atoms with Crippen molar-refractivity contribution in [2.45, 2.75) is 6.42 Å². The van der Waals surface area contributed by atoms with Crippen LogP contribution in [0.25, 0.3) is 0 Å². The quantitative estimate of drug-likeness (QED) is 0.745. The van der Waals surface area contributed by atoms with Gasteiger partial charge in [0, 0.05) is 6.54 Å². The molecule has 0 fully saturated rings. The molecule has 17 heavy (non-hydrogen) atoms. The highest BCUT2D eigenvalue weighted by Crippen LogP contribution is 2.02. The predicted octanol–water partition coefficient (Wildman–Crippen LogP) is 0.574. The number of rotatable bonds is 6. The molecule has 4 nitrogen and oxygen atoms in total. The maximum Gasteiger partial charge on any atom is 0.218 e. The predicted molar refractivity (Wildman–Crippen MR) is 68.7 cm³/mol. The van der Waals surface area contributed by atoms with Crippen LogP contribution >= 0.6 is 12.2 Å². The van der Waals surface area contributed by atoms with E-state index in [2.05, 4.69) is 16.9 Å². The van der Waals surface area contributed by atoms with Gasteiger partial charge in [0.25, 0.3) is 0 Å². The Balaban J connectivity index is 2.42. The summed E-state index contributed by atoms with van der Waals surface area (Å²) >= 11 is 4.52. The topological polar surface area (TPSA) is 72.2 Å². The van der Waals surface area contributed by atoms with Gasteiger partial charge in [-0.1, -0.05) is 24.4 Å². The van der Waals surface area contributed by atoms with Gasteiger partial charge in [-0.2, -0.15) is 0 Å². The van der Waals surface area contributed by atoms with Crippen molar-refractivity contribution in [3.05, 3.63) is 35.6 Å². The average Bonchev–Trinajstić information content (AvgIpc) is 2.18. The van der Waals surface area contributed by atoms with Crippen molar-refractivity contribution >= 4 is 27.2 Å². The minimum Gasteiger partial charge on any atom is -0.392 e. The molecule has 1 rings (SSSR count). The first-order chi connectivity index (χ1) is 7.89. The first-order valence-corrected chi connectivity index (χ1v) is 6.95. The third-order valence-electron chi connectivity index (χ3n) is 1.98. The van der Waals surface area contributed by atoms with Crippen LogP contribution in [0.1, 0.15) is 5.56 Å². The third-order valence-corrected chi connectivity index (χ3v) is 3.64. The largest absolute Gasteiger partial charge is 0.392 e. The Morgan fingerprint density at radius 3 is 2.47 bits per heavy atom. The molecule has 0 bridgehead atoms. The van der Waals surface area contributed by atoms with Crippen molar-refractivity contribution in [3.8, 4) is 0 Å². The minimum absolute atomic E-state index is 0.0701. The van der Waals surface area contributed by atoms with Crippen LogP contribution < -0.4 is 10.5 Å². The number of halogens is 1. The zero-order valence-corrected chi connectivity index (χ0v) is 10.7. The fourth-order valence-electron chi connectivity index (χ4n) is 1.24. The van der Waals surface area contributed by atoms with Crippen LogP contribution in [0.3, 0.4) is 0 Å². The lowest BCUT2D eigenvalue weighted by molar-refractivity contribution is 0.585. The van der Waals surface area contributed by atoms with E-state index in [9.17, 15) is 12.8 Å². The molecule has 1 aromatic rings. The van der Waals surface area contributed by atoms with Gasteiger partial charge in [-0.15, -0.1) is 0 Å². The summed E-state index contributed by atoms with van der Waals surface area (Å²) in [4.78, 5) is -0.0701. The lowest BCUT2D eigenvalue weighted by atomic mass is 10.1. The first-order valence-electron chi connectivity index (χ1n) is 4.89. The van der Waals surface area contributed by atoms with Crippen LogP contribution in [0, 0.1) is 5.82 Å². The number of hydrogen-bond acceptors (Lipinski definition) is 3. The maximum absolute atomic E-state index is 12.6. The minimum atomic E-state index is -3.45. The van der Waals surface area contributed by atoms with Crippen LogP contribution in [0.2, 0.25) is 0 Å². The molecule has 1 aromatic carbocycles. The smallest absolute Gasteiger partial charge is 0.218 e. The summed E-state index contributed by atoms with van der Waals surface area (Å²) in [5, 5.41) is 0. The molecule has 0 heterocycles. The molecule has 0 saturated heterocycles. The lowest BCUT2D eigenvalue weighted by Gasteiger charge is -2.05. The summed E-state index contributed by atoms with van der Waals surface area (Å²) in [5.41, 5.74) is 6.00. The Hall–Kier alpha value is -1.05. The van der Waals surface area contributed by atoms with Crippen LogP contribution in [-0.2, 0) is 16.4 Å². The molecule has 0 aliphatic heterocycles. The van der Waals surface area contributed by atoms with Crippen molar-refractivity contribution < 1.29 is 12.8 Å². The third kappa shape index (κ3) is 5.71. The zero-order chi connectivity index (χ0) is 12.9. The molecule has 0 aromatic heterocycles. The summed E-state index contributed by atoms with van der Waals surface area (Å²) in [6, 6.07) is 5.88. The van der Waals surface area contributed by atoms with Gasteiger partial charge in [-0.25, -0.2) is 17.5 Å². The average molecular weight is 276 g/mol. The monoisotopic (exact) mass is 276 g/mol. The number of sulfonamides is 1. The second-order valence-corrected chi connectivity index (χ2v) is 5.83. The standard InChI is InChI=1S/C10H13FN2O2S2/c11-9-3-1-8(2-4-9)5-6-13-17(14,15)7-10(12)16/h1-4,13H,5-7H2,(H2,12,16). The highest BCUT2D eigenvalue weighted by molar-refractivity contribution is 7.92. The molecule has 94 valence electrons. The normalized spacial score (nSPS) is 11.4. The Morgan fingerprint density at radius 2 is 1.94 bits per heavy atom. The van der Waals surface area contributed by atoms with Gasteiger partial charge in [0.15, 0.2) is 0 Å². The van der Waals surface area contributed by atoms with E-state index in [-0.39, 0.29) is 23.1 Å². The van der Waals surface area contributed by atoms with E-state index >= 15 is 0 Å². The fraction of sp³-hybridized carbons (Fsp3) is 0.300.